The quantitative estimate of drug-likeness (QED) is 0.536. The molecule has 25 heavy (non-hydrogen) atoms. The van der Waals surface area contributed by atoms with Crippen LogP contribution >= 0.6 is 11.6 Å². The molecule has 126 valence electrons. The van der Waals surface area contributed by atoms with Crippen molar-refractivity contribution in [2.45, 2.75) is 25.2 Å². The van der Waals surface area contributed by atoms with E-state index in [2.05, 4.69) is 18.2 Å². The molecule has 0 bridgehead atoms. The van der Waals surface area contributed by atoms with Gasteiger partial charge in [-0.2, -0.15) is 0 Å². The molecule has 1 unspecified atom stereocenters. The van der Waals surface area contributed by atoms with Crippen LogP contribution < -0.4 is 0 Å². The fraction of sp³-hybridized carbons (Fsp3) is 0.182. The highest BCUT2D eigenvalue weighted by Crippen LogP contribution is 2.43. The lowest BCUT2D eigenvalue weighted by atomic mass is 9.82. The van der Waals surface area contributed by atoms with Gasteiger partial charge in [0.15, 0.2) is 0 Å². The molecule has 2 nitrogen and oxygen atoms in total. The van der Waals surface area contributed by atoms with Crippen LogP contribution in [0, 0.1) is 0 Å². The standard InChI is InChI=1S/C22H19ClO2/c23-17-11-9-15(10-12-17)14-5-7-16(8-6-14)20-13-21(24)18-3-1-2-4-19(18)22(20)25/h1-4,7,9-14,24-25H,5-6,8H2. The monoisotopic (exact) mass is 350 g/mol. The Hall–Kier alpha value is -2.45. The van der Waals surface area contributed by atoms with Crippen LogP contribution in [0.25, 0.3) is 16.3 Å². The summed E-state index contributed by atoms with van der Waals surface area (Å²) in [5.74, 6) is 0.936. The number of hydrogen-bond donors (Lipinski definition) is 2. The summed E-state index contributed by atoms with van der Waals surface area (Å²) in [5.41, 5.74) is 3.14. The molecule has 0 radical (unpaired) electrons. The maximum Gasteiger partial charge on any atom is 0.131 e. The summed E-state index contributed by atoms with van der Waals surface area (Å²) < 4.78 is 0. The predicted octanol–water partition coefficient (Wildman–Crippen LogP) is 6.26. The zero-order valence-corrected chi connectivity index (χ0v) is 14.5. The number of allylic oxidation sites excluding steroid dienone is 2. The molecule has 3 heteroatoms. The van der Waals surface area contributed by atoms with Gasteiger partial charge < -0.3 is 10.2 Å². The third-order valence-corrected chi connectivity index (χ3v) is 5.34. The fourth-order valence-corrected chi connectivity index (χ4v) is 3.83. The molecule has 0 aliphatic heterocycles. The van der Waals surface area contributed by atoms with Gasteiger partial charge in [-0.1, -0.05) is 54.1 Å². The Morgan fingerprint density at radius 3 is 2.32 bits per heavy atom. The van der Waals surface area contributed by atoms with E-state index >= 15 is 0 Å². The maximum atomic E-state index is 10.7. The van der Waals surface area contributed by atoms with Gasteiger partial charge in [-0.3, -0.25) is 0 Å². The molecule has 0 amide bonds. The molecule has 0 aromatic heterocycles. The van der Waals surface area contributed by atoms with Crippen LogP contribution in [0.1, 0.15) is 36.3 Å². The lowest BCUT2D eigenvalue weighted by Crippen LogP contribution is -2.04. The number of benzene rings is 3. The molecule has 0 saturated carbocycles. The van der Waals surface area contributed by atoms with Crippen molar-refractivity contribution in [1.82, 2.24) is 0 Å². The van der Waals surface area contributed by atoms with E-state index in [-0.39, 0.29) is 11.5 Å². The van der Waals surface area contributed by atoms with E-state index in [1.54, 1.807) is 6.07 Å². The molecule has 2 N–H and O–H groups in total. The first-order valence-electron chi connectivity index (χ1n) is 8.52. The minimum atomic E-state index is 0.212. The Morgan fingerprint density at radius 2 is 1.64 bits per heavy atom. The number of fused-ring (bicyclic) bond motifs is 1. The molecule has 1 aliphatic rings. The Bertz CT molecular complexity index is 958. The van der Waals surface area contributed by atoms with Gasteiger partial charge in [0.1, 0.15) is 11.5 Å². The van der Waals surface area contributed by atoms with Crippen molar-refractivity contribution in [3.8, 4) is 11.5 Å². The molecular formula is C22H19ClO2. The molecular weight excluding hydrogens is 332 g/mol. The molecule has 1 aliphatic carbocycles. The summed E-state index contributed by atoms with van der Waals surface area (Å²) in [7, 11) is 0. The maximum absolute atomic E-state index is 10.7. The molecule has 1 atom stereocenters. The van der Waals surface area contributed by atoms with Gasteiger partial charge in [-0.15, -0.1) is 0 Å². The fourth-order valence-electron chi connectivity index (χ4n) is 3.70. The smallest absolute Gasteiger partial charge is 0.131 e. The van der Waals surface area contributed by atoms with Crippen molar-refractivity contribution in [3.63, 3.8) is 0 Å². The zero-order valence-electron chi connectivity index (χ0n) is 13.7. The van der Waals surface area contributed by atoms with Gasteiger partial charge in [-0.25, -0.2) is 0 Å². The second kappa shape index (κ2) is 6.45. The van der Waals surface area contributed by atoms with Crippen LogP contribution in [-0.2, 0) is 0 Å². The van der Waals surface area contributed by atoms with Crippen molar-refractivity contribution in [3.05, 3.63) is 76.8 Å². The Morgan fingerprint density at radius 1 is 0.920 bits per heavy atom. The molecule has 3 aromatic carbocycles. The van der Waals surface area contributed by atoms with Gasteiger partial charge >= 0.3 is 0 Å². The van der Waals surface area contributed by atoms with E-state index < -0.39 is 0 Å². The topological polar surface area (TPSA) is 40.5 Å². The second-order valence-electron chi connectivity index (χ2n) is 6.59. The van der Waals surface area contributed by atoms with E-state index in [9.17, 15) is 10.2 Å². The normalized spacial score (nSPS) is 17.5. The molecule has 3 aromatic rings. The number of phenols is 2. The average molecular weight is 351 g/mol. The number of aromatic hydroxyl groups is 2. The Labute approximate surface area is 152 Å². The molecule has 0 fully saturated rings. The van der Waals surface area contributed by atoms with Gasteiger partial charge in [-0.05, 0) is 54.5 Å². The lowest BCUT2D eigenvalue weighted by Gasteiger charge is -2.23. The highest BCUT2D eigenvalue weighted by molar-refractivity contribution is 6.30. The minimum Gasteiger partial charge on any atom is -0.507 e. The van der Waals surface area contributed by atoms with E-state index in [0.717, 1.165) is 35.4 Å². The van der Waals surface area contributed by atoms with Gasteiger partial charge in [0.05, 0.1) is 0 Å². The van der Waals surface area contributed by atoms with Crippen LogP contribution in [0.15, 0.2) is 60.7 Å². The highest BCUT2D eigenvalue weighted by Gasteiger charge is 2.20. The molecule has 0 saturated heterocycles. The van der Waals surface area contributed by atoms with Gasteiger partial charge in [0.2, 0.25) is 0 Å². The van der Waals surface area contributed by atoms with Crippen LogP contribution in [0.2, 0.25) is 5.02 Å². The largest absolute Gasteiger partial charge is 0.507 e. The van der Waals surface area contributed by atoms with Crippen LogP contribution in [0.5, 0.6) is 11.5 Å². The third-order valence-electron chi connectivity index (χ3n) is 5.09. The first-order valence-corrected chi connectivity index (χ1v) is 8.90. The summed E-state index contributed by atoms with van der Waals surface area (Å²) in [6.07, 6.45) is 5.00. The lowest BCUT2D eigenvalue weighted by molar-refractivity contribution is 0.467. The van der Waals surface area contributed by atoms with E-state index in [0.29, 0.717) is 16.7 Å². The van der Waals surface area contributed by atoms with Crippen LogP contribution in [-0.4, -0.2) is 10.2 Å². The van der Waals surface area contributed by atoms with Crippen LogP contribution in [0.4, 0.5) is 0 Å². The molecule has 4 rings (SSSR count). The number of halogens is 1. The van der Waals surface area contributed by atoms with Gasteiger partial charge in [0.25, 0.3) is 0 Å². The Balaban J connectivity index is 1.66. The van der Waals surface area contributed by atoms with Crippen LogP contribution in [0.3, 0.4) is 0 Å². The van der Waals surface area contributed by atoms with Crippen molar-refractivity contribution in [2.24, 2.45) is 0 Å². The third kappa shape index (κ3) is 2.98. The summed E-state index contributed by atoms with van der Waals surface area (Å²) in [6.45, 7) is 0. The van der Waals surface area contributed by atoms with E-state index in [1.165, 1.54) is 5.56 Å². The summed E-state index contributed by atoms with van der Waals surface area (Å²) in [4.78, 5) is 0. The SMILES string of the molecule is Oc1cc(C2=CCC(c3ccc(Cl)cc3)CC2)c(O)c2ccccc12. The number of hydrogen-bond acceptors (Lipinski definition) is 2. The average Bonchev–Trinajstić information content (AvgIpc) is 2.66. The second-order valence-corrected chi connectivity index (χ2v) is 7.03. The first-order chi connectivity index (χ1) is 12.1. The summed E-state index contributed by atoms with van der Waals surface area (Å²) in [5, 5.41) is 23.1. The minimum absolute atomic E-state index is 0.212. The Kier molecular flexibility index (Phi) is 4.14. The number of rotatable bonds is 2. The highest BCUT2D eigenvalue weighted by atomic mass is 35.5. The van der Waals surface area contributed by atoms with Crippen molar-refractivity contribution >= 4 is 27.9 Å². The van der Waals surface area contributed by atoms with Gasteiger partial charge in [0, 0.05) is 21.4 Å². The van der Waals surface area contributed by atoms with Crippen molar-refractivity contribution in [1.29, 1.82) is 0 Å². The zero-order chi connectivity index (χ0) is 17.4. The number of phenolic OH excluding ortho intramolecular Hbond substituents is 2. The molecule has 0 heterocycles. The van der Waals surface area contributed by atoms with E-state index in [1.807, 2.05) is 36.4 Å². The first kappa shape index (κ1) is 16.0. The summed E-state index contributed by atoms with van der Waals surface area (Å²) in [6, 6.07) is 17.1. The predicted molar refractivity (Wildman–Crippen MR) is 103 cm³/mol. The molecule has 0 spiro atoms. The summed E-state index contributed by atoms with van der Waals surface area (Å²) >= 11 is 5.97. The van der Waals surface area contributed by atoms with Crippen molar-refractivity contribution in [2.75, 3.05) is 0 Å². The van der Waals surface area contributed by atoms with E-state index in [4.69, 9.17) is 11.6 Å². The van der Waals surface area contributed by atoms with Crippen molar-refractivity contribution < 1.29 is 10.2 Å².